The summed E-state index contributed by atoms with van der Waals surface area (Å²) in [6, 6.07) is 0. The van der Waals surface area contributed by atoms with E-state index in [1.54, 1.807) is 11.8 Å². The molecule has 180 valence electrons. The van der Waals surface area contributed by atoms with Crippen molar-refractivity contribution >= 4 is 20.4 Å². The minimum atomic E-state index is -1.87. The Labute approximate surface area is 190 Å². The van der Waals surface area contributed by atoms with Crippen LogP contribution in [0.15, 0.2) is 11.6 Å². The maximum Gasteiger partial charge on any atom is 0.411 e. The van der Waals surface area contributed by atoms with Gasteiger partial charge in [0.25, 0.3) is 0 Å². The molecular weight excluding hydrogens is 410 g/mol. The molecule has 1 fully saturated rings. The van der Waals surface area contributed by atoms with Crippen LogP contribution in [0.4, 0.5) is 4.79 Å². The van der Waals surface area contributed by atoms with E-state index in [4.69, 9.17) is 13.9 Å². The Morgan fingerprint density at radius 1 is 1.16 bits per heavy atom. The SMILES string of the molecule is CCOC(=O)[C@@]1(C/C=C(\C)CO[Si](C)(C)C(C)(C)C)[C@@H](C)CCN1C(=O)OC(C)(C)C. The van der Waals surface area contributed by atoms with Gasteiger partial charge < -0.3 is 13.9 Å². The second kappa shape index (κ2) is 10.1. The highest BCUT2D eigenvalue weighted by molar-refractivity contribution is 6.74. The molecule has 2 atom stereocenters. The summed E-state index contributed by atoms with van der Waals surface area (Å²) in [4.78, 5) is 27.8. The topological polar surface area (TPSA) is 65.1 Å². The standard InChI is InChI=1S/C24H45NO5Si/c1-12-28-20(26)24(15-13-18(2)17-29-31(10,11)23(7,8)9)19(3)14-16-25(24)21(27)30-22(4,5)6/h13,19H,12,14-17H2,1-11H3/b18-13+/t19-,24+/m0/s1. The third kappa shape index (κ3) is 6.82. The number of esters is 1. The first-order valence-electron chi connectivity index (χ1n) is 11.5. The van der Waals surface area contributed by atoms with E-state index >= 15 is 0 Å². The van der Waals surface area contributed by atoms with Gasteiger partial charge in [-0.1, -0.05) is 39.3 Å². The van der Waals surface area contributed by atoms with Crippen LogP contribution in [0.3, 0.4) is 0 Å². The lowest BCUT2D eigenvalue weighted by Crippen LogP contribution is -2.57. The number of rotatable bonds is 7. The van der Waals surface area contributed by atoms with E-state index in [0.717, 1.165) is 12.0 Å². The minimum absolute atomic E-state index is 0.0376. The van der Waals surface area contributed by atoms with Gasteiger partial charge in [-0.3, -0.25) is 4.90 Å². The lowest BCUT2D eigenvalue weighted by Gasteiger charge is -2.39. The van der Waals surface area contributed by atoms with Crippen molar-refractivity contribution in [2.24, 2.45) is 5.92 Å². The van der Waals surface area contributed by atoms with Gasteiger partial charge in [-0.25, -0.2) is 9.59 Å². The first kappa shape index (κ1) is 27.7. The van der Waals surface area contributed by atoms with E-state index in [9.17, 15) is 9.59 Å². The van der Waals surface area contributed by atoms with Crippen molar-refractivity contribution in [3.05, 3.63) is 11.6 Å². The fraction of sp³-hybridized carbons (Fsp3) is 0.833. The molecule has 1 rings (SSSR count). The number of carbonyl (C=O) groups excluding carboxylic acids is 2. The number of likely N-dealkylation sites (tertiary alicyclic amines) is 1. The zero-order valence-electron chi connectivity index (χ0n) is 21.7. The maximum absolute atomic E-state index is 13.2. The molecule has 0 aromatic heterocycles. The van der Waals surface area contributed by atoms with Crippen molar-refractivity contribution in [3.63, 3.8) is 0 Å². The van der Waals surface area contributed by atoms with Crippen molar-refractivity contribution in [1.82, 2.24) is 4.90 Å². The van der Waals surface area contributed by atoms with Gasteiger partial charge in [-0.2, -0.15) is 0 Å². The molecule has 0 aromatic carbocycles. The van der Waals surface area contributed by atoms with Crippen LogP contribution >= 0.6 is 0 Å². The molecule has 31 heavy (non-hydrogen) atoms. The molecule has 0 saturated carbocycles. The third-order valence-electron chi connectivity index (χ3n) is 6.55. The van der Waals surface area contributed by atoms with E-state index in [1.807, 2.05) is 40.7 Å². The maximum atomic E-state index is 13.2. The van der Waals surface area contributed by atoms with Gasteiger partial charge in [0.05, 0.1) is 13.2 Å². The number of nitrogens with zero attached hydrogens (tertiary/aromatic N) is 1. The molecule has 0 aliphatic carbocycles. The first-order valence-corrected chi connectivity index (χ1v) is 14.4. The fourth-order valence-electron chi connectivity index (χ4n) is 3.46. The van der Waals surface area contributed by atoms with Crippen molar-refractivity contribution in [3.8, 4) is 0 Å². The Balaban J connectivity index is 3.16. The zero-order valence-corrected chi connectivity index (χ0v) is 22.7. The van der Waals surface area contributed by atoms with Gasteiger partial charge in [0, 0.05) is 13.0 Å². The normalized spacial score (nSPS) is 23.1. The van der Waals surface area contributed by atoms with Crippen LogP contribution in [0.2, 0.25) is 18.1 Å². The summed E-state index contributed by atoms with van der Waals surface area (Å²) in [5.41, 5.74) is -0.639. The third-order valence-corrected chi connectivity index (χ3v) is 11.0. The number of hydrogen-bond donors (Lipinski definition) is 0. The Morgan fingerprint density at radius 2 is 1.74 bits per heavy atom. The summed E-state index contributed by atoms with van der Waals surface area (Å²) >= 11 is 0. The molecule has 0 aromatic rings. The first-order chi connectivity index (χ1) is 14.0. The Morgan fingerprint density at radius 3 is 2.23 bits per heavy atom. The molecular formula is C24H45NO5Si. The quantitative estimate of drug-likeness (QED) is 0.271. The van der Waals surface area contributed by atoms with Gasteiger partial charge in [0.1, 0.15) is 11.1 Å². The summed E-state index contributed by atoms with van der Waals surface area (Å²) in [5, 5.41) is 0.132. The van der Waals surface area contributed by atoms with Crippen LogP contribution in [0.5, 0.6) is 0 Å². The van der Waals surface area contributed by atoms with E-state index in [0.29, 0.717) is 19.6 Å². The molecule has 1 saturated heterocycles. The van der Waals surface area contributed by atoms with Gasteiger partial charge in [-0.15, -0.1) is 0 Å². The smallest absolute Gasteiger partial charge is 0.411 e. The van der Waals surface area contributed by atoms with Crippen LogP contribution in [0, 0.1) is 5.92 Å². The second-order valence-electron chi connectivity index (χ2n) is 11.3. The van der Waals surface area contributed by atoms with Gasteiger partial charge >= 0.3 is 12.1 Å². The van der Waals surface area contributed by atoms with E-state index < -0.39 is 25.6 Å². The summed E-state index contributed by atoms with van der Waals surface area (Å²) in [6.07, 6.45) is 2.68. The molecule has 1 heterocycles. The van der Waals surface area contributed by atoms with E-state index in [2.05, 4.69) is 33.9 Å². The van der Waals surface area contributed by atoms with E-state index in [1.165, 1.54) is 0 Å². The fourth-order valence-corrected chi connectivity index (χ4v) is 4.48. The molecule has 6 nitrogen and oxygen atoms in total. The van der Waals surface area contributed by atoms with Crippen molar-refractivity contribution < 1.29 is 23.5 Å². The van der Waals surface area contributed by atoms with Gasteiger partial charge in [0.2, 0.25) is 0 Å². The number of hydrogen-bond acceptors (Lipinski definition) is 5. The van der Waals surface area contributed by atoms with Crippen molar-refractivity contribution in [2.45, 2.75) is 104 Å². The molecule has 0 radical (unpaired) electrons. The molecule has 7 heteroatoms. The van der Waals surface area contributed by atoms with Crippen LogP contribution in [-0.2, 0) is 18.7 Å². The highest BCUT2D eigenvalue weighted by atomic mass is 28.4. The Kier molecular flexibility index (Phi) is 8.99. The predicted molar refractivity (Wildman–Crippen MR) is 128 cm³/mol. The molecule has 1 aliphatic heterocycles. The summed E-state index contributed by atoms with van der Waals surface area (Å²) in [7, 11) is -1.87. The average molecular weight is 456 g/mol. The number of amides is 1. The van der Waals surface area contributed by atoms with Crippen LogP contribution < -0.4 is 0 Å². The Bertz CT molecular complexity index is 674. The molecule has 0 unspecified atom stereocenters. The molecule has 1 amide bonds. The van der Waals surface area contributed by atoms with Crippen molar-refractivity contribution in [2.75, 3.05) is 19.8 Å². The second-order valence-corrected chi connectivity index (χ2v) is 16.1. The van der Waals surface area contributed by atoms with Crippen LogP contribution in [0.1, 0.15) is 75.2 Å². The number of ether oxygens (including phenoxy) is 2. The van der Waals surface area contributed by atoms with Gasteiger partial charge in [0.15, 0.2) is 8.32 Å². The van der Waals surface area contributed by atoms with Gasteiger partial charge in [-0.05, 0) is 65.1 Å². The monoisotopic (exact) mass is 455 g/mol. The highest BCUT2D eigenvalue weighted by Crippen LogP contribution is 2.41. The molecule has 0 spiro atoms. The summed E-state index contributed by atoms with van der Waals surface area (Å²) in [5.74, 6) is -0.398. The minimum Gasteiger partial charge on any atom is -0.464 e. The molecule has 0 N–H and O–H groups in total. The Hall–Kier alpha value is -1.34. The molecule has 1 aliphatic rings. The molecule has 0 bridgehead atoms. The lowest BCUT2D eigenvalue weighted by atomic mass is 9.82. The summed E-state index contributed by atoms with van der Waals surface area (Å²) in [6.45, 7) is 23.7. The van der Waals surface area contributed by atoms with Crippen molar-refractivity contribution in [1.29, 1.82) is 0 Å². The van der Waals surface area contributed by atoms with Crippen LogP contribution in [0.25, 0.3) is 0 Å². The zero-order chi connectivity index (χ0) is 24.3. The van der Waals surface area contributed by atoms with Crippen LogP contribution in [-0.4, -0.2) is 56.2 Å². The number of carbonyl (C=O) groups is 2. The van der Waals surface area contributed by atoms with E-state index in [-0.39, 0.29) is 23.5 Å². The average Bonchev–Trinajstić information content (AvgIpc) is 2.93. The highest BCUT2D eigenvalue weighted by Gasteiger charge is 2.56. The summed E-state index contributed by atoms with van der Waals surface area (Å²) < 4.78 is 17.4. The lowest BCUT2D eigenvalue weighted by molar-refractivity contribution is -0.157. The largest absolute Gasteiger partial charge is 0.464 e. The predicted octanol–water partition coefficient (Wildman–Crippen LogP) is 5.92.